The number of benzene rings is 1. The molecule has 2 rings (SSSR count). The Bertz CT molecular complexity index is 904. The Labute approximate surface area is 154 Å². The summed E-state index contributed by atoms with van der Waals surface area (Å²) in [7, 11) is 1.42. The molecule has 0 saturated carbocycles. The van der Waals surface area contributed by atoms with Gasteiger partial charge in [0.2, 0.25) is 0 Å². The van der Waals surface area contributed by atoms with E-state index in [0.717, 1.165) is 4.68 Å². The van der Waals surface area contributed by atoms with E-state index in [9.17, 15) is 24.8 Å². The fraction of sp³-hybridized carbons (Fsp3) is 0.353. The second-order valence-electron chi connectivity index (χ2n) is 5.92. The molecular formula is C17H18ClN3O5. The minimum absolute atomic E-state index is 0.104. The van der Waals surface area contributed by atoms with Gasteiger partial charge in [0.05, 0.1) is 16.9 Å². The van der Waals surface area contributed by atoms with Crippen molar-refractivity contribution in [3.8, 4) is 5.75 Å². The van der Waals surface area contributed by atoms with Gasteiger partial charge in [0.25, 0.3) is 0 Å². The summed E-state index contributed by atoms with van der Waals surface area (Å²) < 4.78 is 1.13. The molecule has 8 nitrogen and oxygen atoms in total. The number of aromatic hydroxyl groups is 1. The van der Waals surface area contributed by atoms with Gasteiger partial charge in [-0.1, -0.05) is 24.9 Å². The number of rotatable bonds is 7. The molecule has 0 aliphatic heterocycles. The maximum absolute atomic E-state index is 12.6. The summed E-state index contributed by atoms with van der Waals surface area (Å²) in [6.07, 6.45) is 0.332. The molecule has 0 spiro atoms. The van der Waals surface area contributed by atoms with Gasteiger partial charge in [0.15, 0.2) is 17.3 Å². The van der Waals surface area contributed by atoms with Crippen molar-refractivity contribution in [2.75, 3.05) is 0 Å². The normalized spacial score (nSPS) is 10.8. The molecule has 0 fully saturated rings. The van der Waals surface area contributed by atoms with E-state index in [0.29, 0.717) is 18.4 Å². The van der Waals surface area contributed by atoms with Crippen molar-refractivity contribution in [3.05, 3.63) is 49.8 Å². The van der Waals surface area contributed by atoms with Crippen LogP contribution in [0.25, 0.3) is 0 Å². The van der Waals surface area contributed by atoms with E-state index in [2.05, 4.69) is 5.10 Å². The van der Waals surface area contributed by atoms with E-state index in [1.807, 2.05) is 6.92 Å². The van der Waals surface area contributed by atoms with Gasteiger partial charge in [0, 0.05) is 12.1 Å². The molecule has 0 amide bonds. The van der Waals surface area contributed by atoms with E-state index < -0.39 is 22.9 Å². The van der Waals surface area contributed by atoms with Gasteiger partial charge in [-0.15, -0.1) is 0 Å². The first-order chi connectivity index (χ1) is 12.2. The minimum atomic E-state index is -0.741. The van der Waals surface area contributed by atoms with Crippen molar-refractivity contribution in [1.29, 1.82) is 0 Å². The Morgan fingerprint density at radius 3 is 2.58 bits per heavy atom. The Hall–Kier alpha value is -2.74. The molecule has 1 aromatic carbocycles. The predicted octanol–water partition coefficient (Wildman–Crippen LogP) is 3.40. The highest BCUT2D eigenvalue weighted by atomic mass is 35.5. The second-order valence-corrected chi connectivity index (χ2v) is 6.32. The van der Waals surface area contributed by atoms with Gasteiger partial charge in [-0.2, -0.15) is 5.10 Å². The first-order valence-corrected chi connectivity index (χ1v) is 8.30. The Morgan fingerprint density at radius 2 is 2.00 bits per heavy atom. The van der Waals surface area contributed by atoms with Crippen molar-refractivity contribution in [2.45, 2.75) is 33.1 Å². The molecule has 0 saturated heterocycles. The van der Waals surface area contributed by atoms with Crippen LogP contribution in [0.4, 0.5) is 5.69 Å². The molecule has 9 heteroatoms. The summed E-state index contributed by atoms with van der Waals surface area (Å²) in [5.41, 5.74) is 0.0749. The quantitative estimate of drug-likeness (QED) is 0.341. The average Bonchev–Trinajstić information content (AvgIpc) is 2.87. The van der Waals surface area contributed by atoms with E-state index in [-0.39, 0.29) is 33.4 Å². The molecule has 0 atom stereocenters. The van der Waals surface area contributed by atoms with Crippen LogP contribution in [0.2, 0.25) is 5.02 Å². The maximum atomic E-state index is 12.6. The molecule has 1 heterocycles. The lowest BCUT2D eigenvalue weighted by Crippen LogP contribution is -2.14. The first-order valence-electron chi connectivity index (χ1n) is 7.93. The monoisotopic (exact) mass is 379 g/mol. The van der Waals surface area contributed by atoms with Crippen molar-refractivity contribution in [2.24, 2.45) is 7.05 Å². The van der Waals surface area contributed by atoms with Crippen LogP contribution >= 0.6 is 11.6 Å². The topological polar surface area (TPSA) is 115 Å². The highest BCUT2D eigenvalue weighted by Gasteiger charge is 2.32. The summed E-state index contributed by atoms with van der Waals surface area (Å²) in [6, 6.07) is 2.61. The number of hydrogen-bond donors (Lipinski definition) is 1. The smallest absolute Gasteiger partial charge is 0.321 e. The van der Waals surface area contributed by atoms with Crippen LogP contribution in [-0.2, 0) is 13.5 Å². The number of halogens is 1. The third-order valence-corrected chi connectivity index (χ3v) is 4.33. The highest BCUT2D eigenvalue weighted by Crippen LogP contribution is 2.29. The number of ketones is 2. The lowest BCUT2D eigenvalue weighted by atomic mass is 10.0. The molecule has 0 aliphatic rings. The average molecular weight is 380 g/mol. The zero-order valence-corrected chi connectivity index (χ0v) is 15.3. The van der Waals surface area contributed by atoms with Crippen LogP contribution in [0.5, 0.6) is 5.75 Å². The molecule has 2 aromatic rings. The van der Waals surface area contributed by atoms with E-state index in [4.69, 9.17) is 11.6 Å². The summed E-state index contributed by atoms with van der Waals surface area (Å²) in [4.78, 5) is 35.7. The fourth-order valence-corrected chi connectivity index (χ4v) is 2.86. The van der Waals surface area contributed by atoms with Crippen LogP contribution in [-0.4, -0.2) is 31.4 Å². The Morgan fingerprint density at radius 1 is 1.35 bits per heavy atom. The number of aryl methyl sites for hydroxylation is 3. The van der Waals surface area contributed by atoms with Crippen molar-refractivity contribution < 1.29 is 19.6 Å². The van der Waals surface area contributed by atoms with Crippen molar-refractivity contribution in [3.63, 3.8) is 0 Å². The SMILES string of the molecule is CCCc1nn(C)c(C(=O)CC(=O)c2cc(Cl)c(C)cc2O)c1[N+](=O)[O-]. The van der Waals surface area contributed by atoms with Gasteiger partial charge in [-0.3, -0.25) is 24.4 Å². The van der Waals surface area contributed by atoms with E-state index in [1.54, 1.807) is 6.92 Å². The first kappa shape index (κ1) is 19.6. The number of phenolic OH excluding ortho intramolecular Hbond substituents is 1. The number of Topliss-reactive ketones (excluding diaryl/α,β-unsaturated/α-hetero) is 2. The van der Waals surface area contributed by atoms with Crippen LogP contribution in [0.1, 0.15) is 51.9 Å². The van der Waals surface area contributed by atoms with Gasteiger partial charge in [0.1, 0.15) is 11.4 Å². The van der Waals surface area contributed by atoms with Crippen molar-refractivity contribution in [1.82, 2.24) is 9.78 Å². The zero-order valence-electron chi connectivity index (χ0n) is 14.6. The van der Waals surface area contributed by atoms with Crippen LogP contribution in [0.3, 0.4) is 0 Å². The third-order valence-electron chi connectivity index (χ3n) is 3.92. The van der Waals surface area contributed by atoms with Crippen LogP contribution in [0, 0.1) is 17.0 Å². The number of hydrogen-bond acceptors (Lipinski definition) is 6. The second kappa shape index (κ2) is 7.65. The van der Waals surface area contributed by atoms with E-state index in [1.165, 1.54) is 19.2 Å². The molecule has 1 N–H and O–H groups in total. The van der Waals surface area contributed by atoms with E-state index >= 15 is 0 Å². The third kappa shape index (κ3) is 3.75. The molecule has 0 bridgehead atoms. The number of carbonyl (C=O) groups is 2. The van der Waals surface area contributed by atoms with Gasteiger partial charge in [-0.25, -0.2) is 0 Å². The predicted molar refractivity (Wildman–Crippen MR) is 95.0 cm³/mol. The number of carbonyl (C=O) groups excluding carboxylic acids is 2. The molecule has 138 valence electrons. The van der Waals surface area contributed by atoms with Gasteiger partial charge in [-0.05, 0) is 31.0 Å². The number of phenols is 1. The number of nitrogens with zero attached hydrogens (tertiary/aromatic N) is 3. The van der Waals surface area contributed by atoms with Gasteiger partial charge >= 0.3 is 5.69 Å². The molecular weight excluding hydrogens is 362 g/mol. The summed E-state index contributed by atoms with van der Waals surface area (Å²) in [5, 5.41) is 25.6. The summed E-state index contributed by atoms with van der Waals surface area (Å²) in [5.74, 6) is -1.71. The number of aromatic nitrogens is 2. The molecule has 0 radical (unpaired) electrons. The summed E-state index contributed by atoms with van der Waals surface area (Å²) >= 11 is 5.96. The van der Waals surface area contributed by atoms with Crippen LogP contribution in [0.15, 0.2) is 12.1 Å². The number of nitro groups is 1. The lowest BCUT2D eigenvalue weighted by Gasteiger charge is -2.06. The zero-order chi connectivity index (χ0) is 19.6. The minimum Gasteiger partial charge on any atom is -0.507 e. The maximum Gasteiger partial charge on any atom is 0.321 e. The largest absolute Gasteiger partial charge is 0.507 e. The van der Waals surface area contributed by atoms with Crippen molar-refractivity contribution >= 4 is 28.9 Å². The summed E-state index contributed by atoms with van der Waals surface area (Å²) in [6.45, 7) is 3.50. The Kier molecular flexibility index (Phi) is 5.76. The fourth-order valence-electron chi connectivity index (χ4n) is 2.69. The standard InChI is InChI=1S/C17H18ClN3O5/c1-4-5-12-16(21(25)26)17(20(3)19-12)15(24)8-14(23)10-7-11(18)9(2)6-13(10)22/h6-7,22H,4-5,8H2,1-3H3. The molecule has 1 aromatic heterocycles. The molecule has 0 aliphatic carbocycles. The highest BCUT2D eigenvalue weighted by molar-refractivity contribution is 6.32. The molecule has 26 heavy (non-hydrogen) atoms. The lowest BCUT2D eigenvalue weighted by molar-refractivity contribution is -0.385. The molecule has 0 unspecified atom stereocenters. The van der Waals surface area contributed by atoms with Gasteiger partial charge < -0.3 is 5.11 Å². The van der Waals surface area contributed by atoms with Crippen LogP contribution < -0.4 is 0 Å². The Balaban J connectivity index is 2.38.